The number of nitrogens with two attached hydrogens (primary N) is 1. The normalized spacial score (nSPS) is 27.9. The quantitative estimate of drug-likeness (QED) is 0.624. The summed E-state index contributed by atoms with van der Waals surface area (Å²) < 4.78 is 0. The number of nitrogens with zero attached hydrogens (tertiary/aromatic N) is 2. The van der Waals surface area contributed by atoms with E-state index in [9.17, 15) is 0 Å². The van der Waals surface area contributed by atoms with Crippen LogP contribution in [0.5, 0.6) is 0 Å². The van der Waals surface area contributed by atoms with Gasteiger partial charge in [-0.25, -0.2) is 0 Å². The minimum Gasteiger partial charge on any atom is -0.396 e. The average Bonchev–Trinajstić information content (AvgIpc) is 2.20. The van der Waals surface area contributed by atoms with E-state index >= 15 is 0 Å². The topological polar surface area (TPSA) is 52.7 Å². The predicted molar refractivity (Wildman–Crippen MR) is 58.2 cm³/mol. The van der Waals surface area contributed by atoms with E-state index in [-0.39, 0.29) is 6.61 Å². The van der Waals surface area contributed by atoms with Crippen LogP contribution >= 0.6 is 0 Å². The molecule has 1 aliphatic heterocycles. The number of piperazine rings is 1. The zero-order valence-electron chi connectivity index (χ0n) is 9.32. The summed E-state index contributed by atoms with van der Waals surface area (Å²) in [5.41, 5.74) is 5.74. The number of aliphatic hydroxyl groups excluding tert-OH is 1. The molecule has 4 heteroatoms. The van der Waals surface area contributed by atoms with Gasteiger partial charge in [-0.1, -0.05) is 6.92 Å². The van der Waals surface area contributed by atoms with E-state index in [2.05, 4.69) is 23.8 Å². The Balaban J connectivity index is 2.41. The molecule has 84 valence electrons. The second-order valence-electron chi connectivity index (χ2n) is 4.43. The lowest BCUT2D eigenvalue weighted by molar-refractivity contribution is 0.0706. The Morgan fingerprint density at radius 1 is 1.50 bits per heavy atom. The van der Waals surface area contributed by atoms with Crippen LogP contribution in [0, 0.1) is 5.92 Å². The van der Waals surface area contributed by atoms with Gasteiger partial charge in [0.1, 0.15) is 0 Å². The first-order valence-electron chi connectivity index (χ1n) is 5.41. The highest BCUT2D eigenvalue weighted by atomic mass is 16.3. The summed E-state index contributed by atoms with van der Waals surface area (Å²) in [6.45, 7) is 7.25. The zero-order chi connectivity index (χ0) is 10.6. The minimum absolute atomic E-state index is 0.267. The molecule has 14 heavy (non-hydrogen) atoms. The summed E-state index contributed by atoms with van der Waals surface area (Å²) in [6, 6.07) is 0.461. The van der Waals surface area contributed by atoms with E-state index in [0.717, 1.165) is 26.2 Å². The Morgan fingerprint density at radius 2 is 2.21 bits per heavy atom. The van der Waals surface area contributed by atoms with E-state index in [4.69, 9.17) is 10.8 Å². The third-order valence-corrected chi connectivity index (χ3v) is 2.94. The van der Waals surface area contributed by atoms with Crippen molar-refractivity contribution in [2.24, 2.45) is 11.7 Å². The first kappa shape index (κ1) is 11.9. The van der Waals surface area contributed by atoms with Crippen LogP contribution in [0.1, 0.15) is 6.92 Å². The number of likely N-dealkylation sites (N-methyl/N-ethyl adjacent to an activating group) is 1. The molecule has 0 bridgehead atoms. The Hall–Kier alpha value is -0.160. The van der Waals surface area contributed by atoms with Crippen LogP contribution < -0.4 is 5.73 Å². The largest absolute Gasteiger partial charge is 0.396 e. The lowest BCUT2D eigenvalue weighted by atomic mass is 10.1. The molecule has 1 fully saturated rings. The maximum Gasteiger partial charge on any atom is 0.0468 e. The fourth-order valence-corrected chi connectivity index (χ4v) is 1.97. The molecule has 0 aromatic carbocycles. The van der Waals surface area contributed by atoms with Crippen LogP contribution in [0.3, 0.4) is 0 Å². The highest BCUT2D eigenvalue weighted by Gasteiger charge is 2.24. The first-order chi connectivity index (χ1) is 6.67. The minimum atomic E-state index is 0.267. The summed E-state index contributed by atoms with van der Waals surface area (Å²) in [5, 5.41) is 9.01. The van der Waals surface area contributed by atoms with Gasteiger partial charge in [-0.15, -0.1) is 0 Å². The van der Waals surface area contributed by atoms with Gasteiger partial charge in [0.2, 0.25) is 0 Å². The van der Waals surface area contributed by atoms with Crippen molar-refractivity contribution in [1.82, 2.24) is 9.80 Å². The van der Waals surface area contributed by atoms with E-state index in [0.29, 0.717) is 18.5 Å². The van der Waals surface area contributed by atoms with Crippen molar-refractivity contribution in [3.63, 3.8) is 0 Å². The molecule has 4 nitrogen and oxygen atoms in total. The first-order valence-corrected chi connectivity index (χ1v) is 5.41. The molecular formula is C10H23N3O. The Bertz CT molecular complexity index is 165. The van der Waals surface area contributed by atoms with E-state index < -0.39 is 0 Å². The zero-order valence-corrected chi connectivity index (χ0v) is 9.32. The molecule has 1 heterocycles. The van der Waals surface area contributed by atoms with Crippen LogP contribution in [0.4, 0.5) is 0 Å². The molecule has 0 saturated carbocycles. The number of aliphatic hydroxyl groups is 1. The molecular weight excluding hydrogens is 178 g/mol. The van der Waals surface area contributed by atoms with Gasteiger partial charge < -0.3 is 15.7 Å². The van der Waals surface area contributed by atoms with E-state index in [1.54, 1.807) is 0 Å². The van der Waals surface area contributed by atoms with Gasteiger partial charge in [0.25, 0.3) is 0 Å². The van der Waals surface area contributed by atoms with Crippen molar-refractivity contribution in [3.8, 4) is 0 Å². The van der Waals surface area contributed by atoms with E-state index in [1.807, 2.05) is 0 Å². The van der Waals surface area contributed by atoms with Crippen molar-refractivity contribution in [2.75, 3.05) is 46.4 Å². The second-order valence-corrected chi connectivity index (χ2v) is 4.43. The Kier molecular flexibility index (Phi) is 4.81. The molecule has 3 N–H and O–H groups in total. The van der Waals surface area contributed by atoms with E-state index in [1.165, 1.54) is 0 Å². The molecule has 0 spiro atoms. The molecule has 2 atom stereocenters. The highest BCUT2D eigenvalue weighted by molar-refractivity contribution is 4.82. The monoisotopic (exact) mass is 201 g/mol. The van der Waals surface area contributed by atoms with Gasteiger partial charge in [0.05, 0.1) is 0 Å². The van der Waals surface area contributed by atoms with Gasteiger partial charge in [0, 0.05) is 45.4 Å². The summed E-state index contributed by atoms with van der Waals surface area (Å²) >= 11 is 0. The van der Waals surface area contributed by atoms with Gasteiger partial charge in [-0.2, -0.15) is 0 Å². The highest BCUT2D eigenvalue weighted by Crippen LogP contribution is 2.09. The van der Waals surface area contributed by atoms with Crippen LogP contribution in [0.15, 0.2) is 0 Å². The molecule has 0 aliphatic carbocycles. The van der Waals surface area contributed by atoms with Crippen molar-refractivity contribution < 1.29 is 5.11 Å². The average molecular weight is 201 g/mol. The number of hydrogen-bond acceptors (Lipinski definition) is 4. The SMILES string of the molecule is CC(CO)CN1CCN(C)CC1CN. The summed E-state index contributed by atoms with van der Waals surface area (Å²) in [6.07, 6.45) is 0. The standard InChI is InChI=1S/C10H23N3O/c1-9(8-14)6-13-4-3-12(2)7-10(13)5-11/h9-10,14H,3-8,11H2,1-2H3. The molecule has 1 rings (SSSR count). The predicted octanol–water partition coefficient (Wildman–Crippen LogP) is -0.810. The Morgan fingerprint density at radius 3 is 2.79 bits per heavy atom. The summed E-state index contributed by atoms with van der Waals surface area (Å²) in [7, 11) is 2.13. The lowest BCUT2D eigenvalue weighted by Gasteiger charge is -2.40. The van der Waals surface area contributed by atoms with Gasteiger partial charge in [-0.3, -0.25) is 4.90 Å². The molecule has 0 aromatic rings. The van der Waals surface area contributed by atoms with Gasteiger partial charge in [0.15, 0.2) is 0 Å². The molecule has 0 aromatic heterocycles. The van der Waals surface area contributed by atoms with Crippen LogP contribution in [-0.2, 0) is 0 Å². The second kappa shape index (κ2) is 5.66. The van der Waals surface area contributed by atoms with Crippen molar-refractivity contribution in [2.45, 2.75) is 13.0 Å². The van der Waals surface area contributed by atoms with Crippen molar-refractivity contribution in [1.29, 1.82) is 0 Å². The Labute approximate surface area is 86.7 Å². The van der Waals surface area contributed by atoms with Crippen LogP contribution in [0.25, 0.3) is 0 Å². The smallest absolute Gasteiger partial charge is 0.0468 e. The summed E-state index contributed by atoms with van der Waals surface area (Å²) in [5.74, 6) is 0.354. The molecule has 1 saturated heterocycles. The number of hydrogen-bond donors (Lipinski definition) is 2. The fourth-order valence-electron chi connectivity index (χ4n) is 1.97. The maximum absolute atomic E-state index is 9.01. The van der Waals surface area contributed by atoms with Crippen LogP contribution in [-0.4, -0.2) is 67.3 Å². The van der Waals surface area contributed by atoms with Gasteiger partial charge in [-0.05, 0) is 13.0 Å². The van der Waals surface area contributed by atoms with Crippen LogP contribution in [0.2, 0.25) is 0 Å². The number of rotatable bonds is 4. The van der Waals surface area contributed by atoms with Gasteiger partial charge >= 0.3 is 0 Å². The lowest BCUT2D eigenvalue weighted by Crippen LogP contribution is -2.55. The van der Waals surface area contributed by atoms with Crippen molar-refractivity contribution >= 4 is 0 Å². The molecule has 0 amide bonds. The third-order valence-electron chi connectivity index (χ3n) is 2.94. The maximum atomic E-state index is 9.01. The van der Waals surface area contributed by atoms with Crippen molar-refractivity contribution in [3.05, 3.63) is 0 Å². The fraction of sp³-hybridized carbons (Fsp3) is 1.00. The molecule has 0 radical (unpaired) electrons. The summed E-state index contributed by atoms with van der Waals surface area (Å²) in [4.78, 5) is 4.72. The third kappa shape index (κ3) is 3.20. The molecule has 1 aliphatic rings. The molecule has 2 unspecified atom stereocenters.